The molecule has 0 unspecified atom stereocenters. The number of quaternary nitrogens is 1. The van der Waals surface area contributed by atoms with Crippen LogP contribution in [-0.2, 0) is 11.3 Å². The summed E-state index contributed by atoms with van der Waals surface area (Å²) in [4.78, 5) is 13.4. The lowest BCUT2D eigenvalue weighted by atomic mass is 10.1. The Morgan fingerprint density at radius 3 is 2.50 bits per heavy atom. The molecule has 0 radical (unpaired) electrons. The summed E-state index contributed by atoms with van der Waals surface area (Å²) < 4.78 is 5.40. The normalized spacial score (nSPS) is 16.8. The molecule has 136 valence electrons. The molecule has 0 aliphatic carbocycles. The van der Waals surface area contributed by atoms with E-state index >= 15 is 0 Å². The molecule has 0 atom stereocenters. The number of hydrogen-bond donors (Lipinski definition) is 2. The Kier molecular flexibility index (Phi) is 6.63. The van der Waals surface area contributed by atoms with E-state index in [9.17, 15) is 4.79 Å². The number of carbonyl (C=O) groups excluding carboxylic acids is 1. The van der Waals surface area contributed by atoms with Crippen LogP contribution >= 0.6 is 11.6 Å². The van der Waals surface area contributed by atoms with Gasteiger partial charge in [-0.2, -0.15) is 5.10 Å². The van der Waals surface area contributed by atoms with Crippen LogP contribution in [0.4, 0.5) is 0 Å². The first-order chi connectivity index (χ1) is 12.7. The largest absolute Gasteiger partial charge is 0.482 e. The Hall–Kier alpha value is -2.37. The molecule has 1 aliphatic rings. The van der Waals surface area contributed by atoms with Gasteiger partial charge in [0.1, 0.15) is 12.3 Å². The van der Waals surface area contributed by atoms with Crippen molar-refractivity contribution in [2.24, 2.45) is 5.10 Å². The van der Waals surface area contributed by atoms with Gasteiger partial charge in [-0.3, -0.25) is 4.79 Å². The van der Waals surface area contributed by atoms with Crippen molar-refractivity contribution in [2.45, 2.75) is 19.4 Å². The lowest BCUT2D eigenvalue weighted by Crippen LogP contribution is -3.11. The molecule has 3 rings (SSSR count). The van der Waals surface area contributed by atoms with Crippen molar-refractivity contribution >= 4 is 23.2 Å². The van der Waals surface area contributed by atoms with Crippen LogP contribution in [0, 0.1) is 0 Å². The van der Waals surface area contributed by atoms with Crippen molar-refractivity contribution in [2.75, 3.05) is 19.7 Å². The number of nitrogens with one attached hydrogen (secondary N) is 2. The second-order valence-electron chi connectivity index (χ2n) is 6.34. The average Bonchev–Trinajstić information content (AvgIpc) is 2.68. The minimum atomic E-state index is -0.281. The molecule has 2 aromatic rings. The molecule has 1 aliphatic heterocycles. The molecular formula is C20H23ClN3O2+. The highest BCUT2D eigenvalue weighted by molar-refractivity contribution is 6.32. The Morgan fingerprint density at radius 1 is 1.08 bits per heavy atom. The Labute approximate surface area is 158 Å². The predicted octanol–water partition coefficient (Wildman–Crippen LogP) is 2.07. The van der Waals surface area contributed by atoms with Crippen molar-refractivity contribution in [1.82, 2.24) is 5.43 Å². The topological polar surface area (TPSA) is 55.1 Å². The van der Waals surface area contributed by atoms with Gasteiger partial charge in [-0.25, -0.2) is 5.43 Å². The third kappa shape index (κ3) is 5.58. The van der Waals surface area contributed by atoms with Crippen LogP contribution in [0.2, 0.25) is 5.02 Å². The summed E-state index contributed by atoms with van der Waals surface area (Å²) in [6, 6.07) is 17.6. The zero-order chi connectivity index (χ0) is 18.2. The zero-order valence-corrected chi connectivity index (χ0v) is 15.3. The lowest BCUT2D eigenvalue weighted by Gasteiger charge is -2.24. The van der Waals surface area contributed by atoms with Crippen LogP contribution < -0.4 is 15.1 Å². The minimum absolute atomic E-state index is 0.105. The first kappa shape index (κ1) is 18.4. The van der Waals surface area contributed by atoms with Crippen molar-refractivity contribution in [1.29, 1.82) is 0 Å². The van der Waals surface area contributed by atoms with E-state index in [4.69, 9.17) is 16.3 Å². The monoisotopic (exact) mass is 372 g/mol. The number of benzene rings is 2. The van der Waals surface area contributed by atoms with Crippen molar-refractivity contribution < 1.29 is 14.4 Å². The number of ether oxygens (including phenoxy) is 1. The van der Waals surface area contributed by atoms with Gasteiger partial charge in [-0.05, 0) is 12.1 Å². The molecule has 0 saturated carbocycles. The fraction of sp³-hybridized carbons (Fsp3) is 0.300. The van der Waals surface area contributed by atoms with E-state index in [0.717, 1.165) is 38.2 Å². The second kappa shape index (κ2) is 9.36. The van der Waals surface area contributed by atoms with Gasteiger partial charge in [0.2, 0.25) is 0 Å². The van der Waals surface area contributed by atoms with Crippen LogP contribution in [0.15, 0.2) is 59.7 Å². The Morgan fingerprint density at radius 2 is 1.77 bits per heavy atom. The molecule has 26 heavy (non-hydrogen) atoms. The van der Waals surface area contributed by atoms with Crippen LogP contribution in [0.1, 0.15) is 18.4 Å². The number of hydrazone groups is 1. The third-order valence-corrected chi connectivity index (χ3v) is 4.68. The number of piperidine rings is 1. The van der Waals surface area contributed by atoms with Crippen molar-refractivity contribution in [3.63, 3.8) is 0 Å². The van der Waals surface area contributed by atoms with Crippen LogP contribution in [0.25, 0.3) is 0 Å². The molecule has 0 aromatic heterocycles. The maximum atomic E-state index is 11.9. The number of carbonyl (C=O) groups is 1. The van der Waals surface area contributed by atoms with E-state index in [1.807, 2.05) is 18.2 Å². The summed E-state index contributed by atoms with van der Waals surface area (Å²) in [5, 5.41) is 4.74. The summed E-state index contributed by atoms with van der Waals surface area (Å²) >= 11 is 5.99. The highest BCUT2D eigenvalue weighted by Crippen LogP contribution is 2.22. The molecular weight excluding hydrogens is 350 g/mol. The molecule has 1 amide bonds. The standard InChI is InChI=1S/C20H22ClN3O2/c21-18-8-4-5-9-19(18)26-15-20(25)23-22-17-10-12-24(13-11-17)14-16-6-2-1-3-7-16/h1-9H,10-15H2,(H,23,25)/p+1. The quantitative estimate of drug-likeness (QED) is 0.763. The van der Waals surface area contributed by atoms with Gasteiger partial charge in [0.25, 0.3) is 5.91 Å². The lowest BCUT2D eigenvalue weighted by molar-refractivity contribution is -0.914. The highest BCUT2D eigenvalue weighted by Gasteiger charge is 2.18. The number of likely N-dealkylation sites (tertiary alicyclic amines) is 1. The van der Waals surface area contributed by atoms with E-state index in [1.54, 1.807) is 17.0 Å². The maximum Gasteiger partial charge on any atom is 0.277 e. The third-order valence-electron chi connectivity index (χ3n) is 4.37. The van der Waals surface area contributed by atoms with E-state index in [1.165, 1.54) is 5.56 Å². The summed E-state index contributed by atoms with van der Waals surface area (Å²) in [6.45, 7) is 2.98. The predicted molar refractivity (Wildman–Crippen MR) is 103 cm³/mol. The molecule has 0 bridgehead atoms. The number of para-hydroxylation sites is 1. The second-order valence-corrected chi connectivity index (χ2v) is 6.75. The van der Waals surface area contributed by atoms with E-state index in [2.05, 4.69) is 34.8 Å². The molecule has 1 heterocycles. The molecule has 1 fully saturated rings. The van der Waals surface area contributed by atoms with E-state index in [-0.39, 0.29) is 12.5 Å². The molecule has 1 saturated heterocycles. The minimum Gasteiger partial charge on any atom is -0.482 e. The smallest absolute Gasteiger partial charge is 0.277 e. The average molecular weight is 373 g/mol. The van der Waals surface area contributed by atoms with Gasteiger partial charge in [-0.15, -0.1) is 0 Å². The molecule has 2 aromatic carbocycles. The van der Waals surface area contributed by atoms with Crippen LogP contribution in [0.3, 0.4) is 0 Å². The molecule has 6 heteroatoms. The summed E-state index contributed by atoms with van der Waals surface area (Å²) in [5.74, 6) is 0.214. The molecule has 5 nitrogen and oxygen atoms in total. The Bertz CT molecular complexity index is 755. The fourth-order valence-corrected chi connectivity index (χ4v) is 3.13. The number of halogens is 1. The Balaban J connectivity index is 1.39. The first-order valence-electron chi connectivity index (χ1n) is 8.80. The summed E-state index contributed by atoms with van der Waals surface area (Å²) in [5.41, 5.74) is 4.97. The van der Waals surface area contributed by atoms with Gasteiger partial charge < -0.3 is 9.64 Å². The van der Waals surface area contributed by atoms with Gasteiger partial charge in [0.15, 0.2) is 6.61 Å². The molecule has 2 N–H and O–H groups in total. The SMILES string of the molecule is O=C(COc1ccccc1Cl)NN=C1CC[NH+](Cc2ccccc2)CC1. The van der Waals surface area contributed by atoms with Gasteiger partial charge in [0, 0.05) is 24.1 Å². The van der Waals surface area contributed by atoms with Crippen molar-refractivity contribution in [3.8, 4) is 5.75 Å². The number of rotatable bonds is 6. The number of hydrogen-bond acceptors (Lipinski definition) is 3. The maximum absolute atomic E-state index is 11.9. The van der Waals surface area contributed by atoms with Gasteiger partial charge >= 0.3 is 0 Å². The number of amides is 1. The number of nitrogens with zero attached hydrogens (tertiary/aromatic N) is 1. The fourth-order valence-electron chi connectivity index (χ4n) is 2.94. The van der Waals surface area contributed by atoms with Crippen molar-refractivity contribution in [3.05, 3.63) is 65.2 Å². The van der Waals surface area contributed by atoms with Crippen LogP contribution in [0.5, 0.6) is 5.75 Å². The first-order valence-corrected chi connectivity index (χ1v) is 9.17. The molecule has 0 spiro atoms. The van der Waals surface area contributed by atoms with E-state index in [0.29, 0.717) is 10.8 Å². The van der Waals surface area contributed by atoms with Gasteiger partial charge in [-0.1, -0.05) is 54.1 Å². The van der Waals surface area contributed by atoms with E-state index < -0.39 is 0 Å². The highest BCUT2D eigenvalue weighted by atomic mass is 35.5. The van der Waals surface area contributed by atoms with Crippen LogP contribution in [-0.4, -0.2) is 31.3 Å². The summed E-state index contributed by atoms with van der Waals surface area (Å²) in [7, 11) is 0. The summed E-state index contributed by atoms with van der Waals surface area (Å²) in [6.07, 6.45) is 1.79. The van der Waals surface area contributed by atoms with Gasteiger partial charge in [0.05, 0.1) is 18.1 Å². The zero-order valence-electron chi connectivity index (χ0n) is 14.6.